The van der Waals surface area contributed by atoms with Crippen LogP contribution in [0.4, 0.5) is 0 Å². The summed E-state index contributed by atoms with van der Waals surface area (Å²) in [6, 6.07) is 17.1. The number of hydrogen-bond donors (Lipinski definition) is 3. The summed E-state index contributed by atoms with van der Waals surface area (Å²) in [5.74, 6) is -0.117. The summed E-state index contributed by atoms with van der Waals surface area (Å²) in [7, 11) is 3.55. The number of hydrazine groups is 1. The molecule has 0 bridgehead atoms. The minimum atomic E-state index is -0.131. The first-order chi connectivity index (χ1) is 12.6. The Labute approximate surface area is 153 Å². The number of carbonyl (C=O) groups is 2. The Morgan fingerprint density at radius 3 is 2.42 bits per heavy atom. The predicted molar refractivity (Wildman–Crippen MR) is 100 cm³/mol. The fourth-order valence-electron chi connectivity index (χ4n) is 3.09. The fraction of sp³-hybridized carbons (Fsp3) is 0.300. The molecule has 2 atom stereocenters. The first kappa shape index (κ1) is 18.1. The summed E-state index contributed by atoms with van der Waals surface area (Å²) in [6.07, 6.45) is 0. The number of hydrogen-bond acceptors (Lipinski definition) is 4. The van der Waals surface area contributed by atoms with Crippen molar-refractivity contribution in [3.8, 4) is 0 Å². The van der Waals surface area contributed by atoms with Gasteiger partial charge in [-0.3, -0.25) is 15.0 Å². The van der Waals surface area contributed by atoms with E-state index in [1.54, 1.807) is 31.1 Å². The Balaban J connectivity index is 1.61. The third kappa shape index (κ3) is 4.09. The highest BCUT2D eigenvalue weighted by Crippen LogP contribution is 2.26. The molecule has 0 aromatic heterocycles. The van der Waals surface area contributed by atoms with Crippen LogP contribution in [-0.4, -0.2) is 37.4 Å². The van der Waals surface area contributed by atoms with Crippen LogP contribution in [0.5, 0.6) is 0 Å². The second-order valence-corrected chi connectivity index (χ2v) is 6.63. The molecular weight excluding hydrogens is 328 g/mol. The molecule has 1 fully saturated rings. The smallest absolute Gasteiger partial charge is 0.251 e. The van der Waals surface area contributed by atoms with Crippen molar-refractivity contribution < 1.29 is 9.59 Å². The number of rotatable bonds is 5. The van der Waals surface area contributed by atoms with Gasteiger partial charge in [-0.05, 0) is 23.3 Å². The van der Waals surface area contributed by atoms with Crippen LogP contribution in [0, 0.1) is 5.92 Å². The molecule has 0 aliphatic carbocycles. The number of nitrogens with one attached hydrogen (secondary N) is 3. The van der Waals surface area contributed by atoms with Gasteiger partial charge in [0, 0.05) is 32.7 Å². The van der Waals surface area contributed by atoms with E-state index in [4.69, 9.17) is 0 Å². The molecule has 26 heavy (non-hydrogen) atoms. The molecule has 2 unspecified atom stereocenters. The Bertz CT molecular complexity index is 759. The number of benzene rings is 2. The van der Waals surface area contributed by atoms with Crippen LogP contribution in [0.3, 0.4) is 0 Å². The highest BCUT2D eigenvalue weighted by atomic mass is 16.2. The first-order valence-corrected chi connectivity index (χ1v) is 8.68. The van der Waals surface area contributed by atoms with E-state index in [1.165, 1.54) is 0 Å². The maximum Gasteiger partial charge on any atom is 0.251 e. The topological polar surface area (TPSA) is 73.5 Å². The summed E-state index contributed by atoms with van der Waals surface area (Å²) >= 11 is 0. The highest BCUT2D eigenvalue weighted by molar-refractivity contribution is 5.94. The van der Waals surface area contributed by atoms with Crippen LogP contribution < -0.4 is 16.2 Å². The molecule has 136 valence electrons. The fourth-order valence-corrected chi connectivity index (χ4v) is 3.09. The van der Waals surface area contributed by atoms with Gasteiger partial charge in [0.2, 0.25) is 5.91 Å². The molecule has 2 aromatic rings. The molecule has 3 N–H and O–H groups in total. The van der Waals surface area contributed by atoms with Gasteiger partial charge in [-0.15, -0.1) is 0 Å². The largest absolute Gasteiger partial charge is 0.348 e. The second kappa shape index (κ2) is 8.12. The SMILES string of the molecule is CN(C)C(=O)C1CNNC1c1ccc(CNC(=O)c2ccccc2)cc1. The van der Waals surface area contributed by atoms with Gasteiger partial charge in [0.15, 0.2) is 0 Å². The van der Waals surface area contributed by atoms with Gasteiger partial charge in [-0.2, -0.15) is 0 Å². The maximum absolute atomic E-state index is 12.3. The first-order valence-electron chi connectivity index (χ1n) is 8.68. The minimum absolute atomic E-state index is 0.0575. The molecule has 6 heteroatoms. The molecule has 3 rings (SSSR count). The van der Waals surface area contributed by atoms with Gasteiger partial charge in [0.1, 0.15) is 0 Å². The molecule has 0 spiro atoms. The van der Waals surface area contributed by atoms with E-state index in [9.17, 15) is 9.59 Å². The van der Waals surface area contributed by atoms with E-state index in [1.807, 2.05) is 42.5 Å². The van der Waals surface area contributed by atoms with Crippen molar-refractivity contribution in [2.75, 3.05) is 20.6 Å². The molecule has 1 aliphatic heterocycles. The summed E-state index contributed by atoms with van der Waals surface area (Å²) < 4.78 is 0. The minimum Gasteiger partial charge on any atom is -0.348 e. The van der Waals surface area contributed by atoms with Crippen LogP contribution in [0.1, 0.15) is 27.5 Å². The molecule has 0 radical (unpaired) electrons. The van der Waals surface area contributed by atoms with Crippen LogP contribution in [0.2, 0.25) is 0 Å². The van der Waals surface area contributed by atoms with E-state index in [0.29, 0.717) is 18.7 Å². The average molecular weight is 352 g/mol. The molecule has 1 heterocycles. The lowest BCUT2D eigenvalue weighted by Gasteiger charge is -2.21. The van der Waals surface area contributed by atoms with Crippen molar-refractivity contribution in [1.82, 2.24) is 21.1 Å². The number of nitrogens with zero attached hydrogens (tertiary/aromatic N) is 1. The predicted octanol–water partition coefficient (Wildman–Crippen LogP) is 1.47. The summed E-state index contributed by atoms with van der Waals surface area (Å²) in [5.41, 5.74) is 8.97. The van der Waals surface area contributed by atoms with Crippen LogP contribution in [0.25, 0.3) is 0 Å². The number of carbonyl (C=O) groups excluding carboxylic acids is 2. The van der Waals surface area contributed by atoms with Crippen molar-refractivity contribution in [3.63, 3.8) is 0 Å². The Morgan fingerprint density at radius 2 is 1.77 bits per heavy atom. The average Bonchev–Trinajstić information content (AvgIpc) is 3.16. The quantitative estimate of drug-likeness (QED) is 0.762. The zero-order valence-electron chi connectivity index (χ0n) is 15.0. The van der Waals surface area contributed by atoms with Crippen LogP contribution >= 0.6 is 0 Å². The molecule has 1 saturated heterocycles. The monoisotopic (exact) mass is 352 g/mol. The number of amides is 2. The van der Waals surface area contributed by atoms with Crippen LogP contribution in [0.15, 0.2) is 54.6 Å². The van der Waals surface area contributed by atoms with Gasteiger partial charge >= 0.3 is 0 Å². The van der Waals surface area contributed by atoms with Gasteiger partial charge < -0.3 is 10.2 Å². The van der Waals surface area contributed by atoms with Gasteiger partial charge in [-0.1, -0.05) is 42.5 Å². The molecule has 0 saturated carbocycles. The van der Waals surface area contributed by atoms with Gasteiger partial charge in [-0.25, -0.2) is 5.43 Å². The zero-order chi connectivity index (χ0) is 18.5. The molecule has 2 aromatic carbocycles. The lowest BCUT2D eigenvalue weighted by Crippen LogP contribution is -2.34. The van der Waals surface area contributed by atoms with Crippen molar-refractivity contribution in [1.29, 1.82) is 0 Å². The van der Waals surface area contributed by atoms with E-state index >= 15 is 0 Å². The van der Waals surface area contributed by atoms with E-state index in [-0.39, 0.29) is 23.8 Å². The maximum atomic E-state index is 12.3. The van der Waals surface area contributed by atoms with Gasteiger partial charge in [0.05, 0.1) is 12.0 Å². The normalized spacial score (nSPS) is 19.2. The Kier molecular flexibility index (Phi) is 5.65. The summed E-state index contributed by atoms with van der Waals surface area (Å²) in [5, 5.41) is 2.92. The second-order valence-electron chi connectivity index (χ2n) is 6.63. The van der Waals surface area contributed by atoms with Crippen LogP contribution in [-0.2, 0) is 11.3 Å². The Morgan fingerprint density at radius 1 is 1.08 bits per heavy atom. The van der Waals surface area contributed by atoms with Crippen molar-refractivity contribution in [2.45, 2.75) is 12.6 Å². The zero-order valence-corrected chi connectivity index (χ0v) is 15.0. The molecule has 1 aliphatic rings. The van der Waals surface area contributed by atoms with Crippen molar-refractivity contribution >= 4 is 11.8 Å². The van der Waals surface area contributed by atoms with E-state index in [2.05, 4.69) is 16.2 Å². The van der Waals surface area contributed by atoms with Crippen molar-refractivity contribution in [3.05, 3.63) is 71.3 Å². The lowest BCUT2D eigenvalue weighted by atomic mass is 9.93. The third-order valence-electron chi connectivity index (χ3n) is 4.57. The van der Waals surface area contributed by atoms with E-state index in [0.717, 1.165) is 11.1 Å². The summed E-state index contributed by atoms with van der Waals surface area (Å²) in [6.45, 7) is 1.07. The third-order valence-corrected chi connectivity index (χ3v) is 4.57. The summed E-state index contributed by atoms with van der Waals surface area (Å²) in [4.78, 5) is 26.0. The van der Waals surface area contributed by atoms with E-state index < -0.39 is 0 Å². The highest BCUT2D eigenvalue weighted by Gasteiger charge is 2.34. The lowest BCUT2D eigenvalue weighted by molar-refractivity contribution is -0.132. The molecule has 6 nitrogen and oxygen atoms in total. The molecular formula is C20H24N4O2. The molecule has 2 amide bonds. The Hall–Kier alpha value is -2.70. The van der Waals surface area contributed by atoms with Crippen molar-refractivity contribution in [2.24, 2.45) is 5.92 Å². The van der Waals surface area contributed by atoms with Gasteiger partial charge in [0.25, 0.3) is 5.91 Å². The standard InChI is InChI=1S/C20H24N4O2/c1-24(2)20(26)17-13-22-23-18(17)15-10-8-14(9-11-15)12-21-19(25)16-6-4-3-5-7-16/h3-11,17-18,22-23H,12-13H2,1-2H3,(H,21,25).